The van der Waals surface area contributed by atoms with Gasteiger partial charge < -0.3 is 14.4 Å². The highest BCUT2D eigenvalue weighted by Gasteiger charge is 2.36. The largest absolute Gasteiger partial charge is 0.353 e. The SMILES string of the molecule is CC(Cl)C(=O)N(CC(=O)N(Cc1ccccc1)Cc1cccn1C)C1CC1. The maximum atomic E-state index is 13.1. The zero-order valence-corrected chi connectivity index (χ0v) is 16.6. The smallest absolute Gasteiger partial charge is 0.242 e. The first kappa shape index (κ1) is 19.5. The third-order valence-corrected chi connectivity index (χ3v) is 5.08. The third kappa shape index (κ3) is 5.13. The highest BCUT2D eigenvalue weighted by Crippen LogP contribution is 2.28. The van der Waals surface area contributed by atoms with Gasteiger partial charge in [0.15, 0.2) is 0 Å². The van der Waals surface area contributed by atoms with Gasteiger partial charge in [0.25, 0.3) is 0 Å². The Kier molecular flexibility index (Phi) is 6.22. The van der Waals surface area contributed by atoms with Crippen molar-refractivity contribution in [2.24, 2.45) is 7.05 Å². The van der Waals surface area contributed by atoms with Crippen molar-refractivity contribution < 1.29 is 9.59 Å². The van der Waals surface area contributed by atoms with Crippen LogP contribution in [0.4, 0.5) is 0 Å². The average molecular weight is 388 g/mol. The van der Waals surface area contributed by atoms with E-state index in [4.69, 9.17) is 11.6 Å². The van der Waals surface area contributed by atoms with E-state index in [0.29, 0.717) is 13.1 Å². The van der Waals surface area contributed by atoms with Crippen molar-refractivity contribution >= 4 is 23.4 Å². The second-order valence-electron chi connectivity index (χ2n) is 7.16. The van der Waals surface area contributed by atoms with Gasteiger partial charge in [-0.25, -0.2) is 0 Å². The lowest BCUT2D eigenvalue weighted by Gasteiger charge is -2.28. The Morgan fingerprint density at radius 3 is 2.41 bits per heavy atom. The standard InChI is InChI=1S/C21H26ClN3O2/c1-16(22)21(27)25(18-10-11-18)15-20(26)24(13-17-7-4-3-5-8-17)14-19-9-6-12-23(19)2/h3-9,12,16,18H,10-11,13-15H2,1-2H3. The number of carbonyl (C=O) groups excluding carboxylic acids is 2. The lowest BCUT2D eigenvalue weighted by Crippen LogP contribution is -2.45. The van der Waals surface area contributed by atoms with Crippen LogP contribution in [0.15, 0.2) is 48.7 Å². The van der Waals surface area contributed by atoms with Crippen molar-refractivity contribution in [1.29, 1.82) is 0 Å². The van der Waals surface area contributed by atoms with E-state index in [0.717, 1.165) is 24.1 Å². The Bertz CT molecular complexity index is 784. The first-order chi connectivity index (χ1) is 13.0. The van der Waals surface area contributed by atoms with Crippen LogP contribution in [-0.2, 0) is 29.7 Å². The summed E-state index contributed by atoms with van der Waals surface area (Å²) in [4.78, 5) is 29.0. The topological polar surface area (TPSA) is 45.6 Å². The van der Waals surface area contributed by atoms with E-state index in [2.05, 4.69) is 0 Å². The molecule has 1 heterocycles. The van der Waals surface area contributed by atoms with Crippen molar-refractivity contribution in [3.63, 3.8) is 0 Å². The van der Waals surface area contributed by atoms with Crippen LogP contribution in [0.2, 0.25) is 0 Å². The summed E-state index contributed by atoms with van der Waals surface area (Å²) in [5.41, 5.74) is 2.12. The fraction of sp³-hybridized carbons (Fsp3) is 0.429. The molecule has 3 rings (SSSR count). The van der Waals surface area contributed by atoms with Crippen molar-refractivity contribution in [3.8, 4) is 0 Å². The van der Waals surface area contributed by atoms with Gasteiger partial charge in [-0.15, -0.1) is 11.6 Å². The van der Waals surface area contributed by atoms with Gasteiger partial charge in [-0.05, 0) is 37.5 Å². The van der Waals surface area contributed by atoms with Gasteiger partial charge in [0.05, 0.1) is 6.54 Å². The number of benzene rings is 1. The van der Waals surface area contributed by atoms with Gasteiger partial charge in [-0.3, -0.25) is 9.59 Å². The Morgan fingerprint density at radius 2 is 1.85 bits per heavy atom. The van der Waals surface area contributed by atoms with E-state index in [9.17, 15) is 9.59 Å². The predicted molar refractivity (Wildman–Crippen MR) is 106 cm³/mol. The number of alkyl halides is 1. The van der Waals surface area contributed by atoms with Crippen LogP contribution in [0.5, 0.6) is 0 Å². The van der Waals surface area contributed by atoms with E-state index in [1.807, 2.05) is 65.2 Å². The number of hydrogen-bond donors (Lipinski definition) is 0. The molecular formula is C21H26ClN3O2. The molecule has 1 saturated carbocycles. The normalized spacial score (nSPS) is 14.6. The summed E-state index contributed by atoms with van der Waals surface area (Å²) in [6.45, 7) is 2.75. The summed E-state index contributed by atoms with van der Waals surface area (Å²) < 4.78 is 2.01. The lowest BCUT2D eigenvalue weighted by atomic mass is 10.2. The molecule has 144 valence electrons. The van der Waals surface area contributed by atoms with E-state index < -0.39 is 5.38 Å². The van der Waals surface area contributed by atoms with Gasteiger partial charge in [-0.2, -0.15) is 0 Å². The van der Waals surface area contributed by atoms with Crippen LogP contribution < -0.4 is 0 Å². The summed E-state index contributed by atoms with van der Waals surface area (Å²) in [5, 5.41) is -0.617. The minimum atomic E-state index is -0.617. The first-order valence-corrected chi connectivity index (χ1v) is 9.76. The van der Waals surface area contributed by atoms with E-state index >= 15 is 0 Å². The van der Waals surface area contributed by atoms with Crippen molar-refractivity contribution in [2.45, 2.75) is 44.3 Å². The Labute approximate surface area is 165 Å². The Morgan fingerprint density at radius 1 is 1.15 bits per heavy atom. The third-order valence-electron chi connectivity index (χ3n) is 4.89. The minimum absolute atomic E-state index is 0.0578. The van der Waals surface area contributed by atoms with E-state index in [1.165, 1.54) is 0 Å². The van der Waals surface area contributed by atoms with Crippen LogP contribution in [-0.4, -0.2) is 44.1 Å². The molecule has 0 N–H and O–H groups in total. The van der Waals surface area contributed by atoms with E-state index in [-0.39, 0.29) is 24.4 Å². The van der Waals surface area contributed by atoms with E-state index in [1.54, 1.807) is 11.8 Å². The molecule has 1 aromatic heterocycles. The number of amides is 2. The number of aryl methyl sites for hydroxylation is 1. The molecule has 0 bridgehead atoms. The summed E-state index contributed by atoms with van der Waals surface area (Å²) in [5.74, 6) is -0.219. The summed E-state index contributed by atoms with van der Waals surface area (Å²) >= 11 is 6.00. The van der Waals surface area contributed by atoms with Crippen LogP contribution in [0.3, 0.4) is 0 Å². The van der Waals surface area contributed by atoms with Crippen LogP contribution in [0.1, 0.15) is 31.0 Å². The van der Waals surface area contributed by atoms with Crippen LogP contribution in [0, 0.1) is 0 Å². The van der Waals surface area contributed by atoms with Crippen molar-refractivity contribution in [3.05, 3.63) is 59.9 Å². The number of halogens is 1. The molecule has 0 saturated heterocycles. The summed E-state index contributed by atoms with van der Waals surface area (Å²) in [6, 6.07) is 14.0. The molecule has 0 spiro atoms. The molecule has 2 aromatic rings. The zero-order chi connectivity index (χ0) is 19.4. The van der Waals surface area contributed by atoms with Gasteiger partial charge in [-0.1, -0.05) is 30.3 Å². The van der Waals surface area contributed by atoms with Crippen molar-refractivity contribution in [1.82, 2.24) is 14.4 Å². The molecule has 27 heavy (non-hydrogen) atoms. The molecule has 1 aliphatic carbocycles. The highest BCUT2D eigenvalue weighted by molar-refractivity contribution is 6.30. The van der Waals surface area contributed by atoms with Gasteiger partial charge >= 0.3 is 0 Å². The molecule has 0 radical (unpaired) electrons. The maximum absolute atomic E-state index is 13.1. The number of aromatic nitrogens is 1. The van der Waals surface area contributed by atoms with Crippen LogP contribution in [0.25, 0.3) is 0 Å². The lowest BCUT2D eigenvalue weighted by molar-refractivity contribution is -0.141. The fourth-order valence-corrected chi connectivity index (χ4v) is 3.27. The molecule has 5 nitrogen and oxygen atoms in total. The predicted octanol–water partition coefficient (Wildman–Crippen LogP) is 3.17. The summed E-state index contributed by atoms with van der Waals surface area (Å²) in [6.07, 6.45) is 3.86. The number of rotatable bonds is 8. The minimum Gasteiger partial charge on any atom is -0.353 e. The second kappa shape index (κ2) is 8.61. The molecule has 1 aromatic carbocycles. The fourth-order valence-electron chi connectivity index (χ4n) is 3.14. The molecule has 1 unspecified atom stereocenters. The second-order valence-corrected chi connectivity index (χ2v) is 7.81. The highest BCUT2D eigenvalue weighted by atomic mass is 35.5. The van der Waals surface area contributed by atoms with Crippen LogP contribution >= 0.6 is 11.6 Å². The molecule has 6 heteroatoms. The number of nitrogens with zero attached hydrogens (tertiary/aromatic N) is 3. The average Bonchev–Trinajstić information content (AvgIpc) is 3.42. The van der Waals surface area contributed by atoms with Crippen molar-refractivity contribution in [2.75, 3.05) is 6.54 Å². The molecule has 1 fully saturated rings. The molecule has 2 amide bonds. The monoisotopic (exact) mass is 387 g/mol. The van der Waals surface area contributed by atoms with Gasteiger partial charge in [0.1, 0.15) is 11.9 Å². The molecule has 1 aliphatic rings. The maximum Gasteiger partial charge on any atom is 0.242 e. The molecule has 0 aliphatic heterocycles. The Hall–Kier alpha value is -2.27. The zero-order valence-electron chi connectivity index (χ0n) is 15.8. The van der Waals surface area contributed by atoms with Gasteiger partial charge in [0, 0.05) is 31.5 Å². The summed E-state index contributed by atoms with van der Waals surface area (Å²) in [7, 11) is 1.97. The quantitative estimate of drug-likeness (QED) is 0.653. The Balaban J connectivity index is 1.77. The molecular weight excluding hydrogens is 362 g/mol. The molecule has 1 atom stereocenters. The number of hydrogen-bond acceptors (Lipinski definition) is 2. The number of carbonyl (C=O) groups is 2. The van der Waals surface area contributed by atoms with Gasteiger partial charge in [0.2, 0.25) is 11.8 Å². The first-order valence-electron chi connectivity index (χ1n) is 9.32.